The molecule has 1 N–H and O–H groups in total. The molecule has 5 heteroatoms. The average molecular weight is 338 g/mol. The summed E-state index contributed by atoms with van der Waals surface area (Å²) >= 11 is 3.36. The van der Waals surface area contributed by atoms with E-state index >= 15 is 0 Å². The van der Waals surface area contributed by atoms with E-state index < -0.39 is 0 Å². The summed E-state index contributed by atoms with van der Waals surface area (Å²) in [6, 6.07) is 2.42. The third-order valence-corrected chi connectivity index (χ3v) is 4.56. The summed E-state index contributed by atoms with van der Waals surface area (Å²) in [7, 11) is 0. The summed E-state index contributed by atoms with van der Waals surface area (Å²) in [4.78, 5) is 18.4. The van der Waals surface area contributed by atoms with Crippen LogP contribution in [-0.4, -0.2) is 41.5 Å². The third-order valence-electron chi connectivity index (χ3n) is 4.13. The molecule has 0 radical (unpaired) electrons. The molecule has 0 atom stereocenters. The van der Waals surface area contributed by atoms with E-state index in [9.17, 15) is 4.79 Å². The van der Waals surface area contributed by atoms with Gasteiger partial charge in [0.2, 0.25) is 0 Å². The molecule has 108 valence electrons. The second-order valence-corrected chi connectivity index (χ2v) is 6.73. The summed E-state index contributed by atoms with van der Waals surface area (Å²) in [6.45, 7) is 2.84. The molecular formula is C15H20BrN3O. The van der Waals surface area contributed by atoms with E-state index in [4.69, 9.17) is 0 Å². The van der Waals surface area contributed by atoms with Crippen LogP contribution in [-0.2, 0) is 0 Å². The van der Waals surface area contributed by atoms with E-state index in [1.54, 1.807) is 12.4 Å². The van der Waals surface area contributed by atoms with Crippen LogP contribution in [0.1, 0.15) is 36.0 Å². The monoisotopic (exact) mass is 337 g/mol. The van der Waals surface area contributed by atoms with Gasteiger partial charge in [0.1, 0.15) is 0 Å². The second kappa shape index (κ2) is 6.22. The zero-order valence-electron chi connectivity index (χ0n) is 11.5. The summed E-state index contributed by atoms with van der Waals surface area (Å²) in [5.74, 6) is 1.02. The minimum atomic E-state index is 0.0967. The highest BCUT2D eigenvalue weighted by Gasteiger charge is 2.26. The highest BCUT2D eigenvalue weighted by Crippen LogP contribution is 2.28. The lowest BCUT2D eigenvalue weighted by Crippen LogP contribution is -2.45. The molecule has 1 aliphatic heterocycles. The van der Waals surface area contributed by atoms with E-state index in [2.05, 4.69) is 26.2 Å². The molecule has 0 bridgehead atoms. The molecule has 1 amide bonds. The fourth-order valence-electron chi connectivity index (χ4n) is 2.65. The standard InChI is InChI=1S/C15H20BrN3O/c16-13-7-12(9-17-10-13)15(20)19-5-3-14(4-6-19)18-8-11-1-2-11/h7,9-11,14,18H,1-6,8H2. The van der Waals surface area contributed by atoms with Crippen molar-refractivity contribution in [3.8, 4) is 0 Å². The third kappa shape index (κ3) is 3.58. The lowest BCUT2D eigenvalue weighted by atomic mass is 10.0. The number of pyridine rings is 1. The number of carbonyl (C=O) groups is 1. The maximum absolute atomic E-state index is 12.4. The number of nitrogens with one attached hydrogen (secondary N) is 1. The molecule has 0 unspecified atom stereocenters. The van der Waals surface area contributed by atoms with Crippen molar-refractivity contribution in [1.29, 1.82) is 0 Å². The molecule has 0 aromatic carbocycles. The molecule has 0 spiro atoms. The van der Waals surface area contributed by atoms with Gasteiger partial charge in [-0.25, -0.2) is 0 Å². The number of hydrogen-bond donors (Lipinski definition) is 1. The first-order valence-electron chi connectivity index (χ1n) is 7.35. The van der Waals surface area contributed by atoms with Crippen LogP contribution in [0, 0.1) is 5.92 Å². The van der Waals surface area contributed by atoms with Crippen LogP contribution in [0.15, 0.2) is 22.9 Å². The van der Waals surface area contributed by atoms with Gasteiger partial charge in [0, 0.05) is 36.0 Å². The Bertz CT molecular complexity index is 482. The van der Waals surface area contributed by atoms with Gasteiger partial charge in [0.05, 0.1) is 5.56 Å². The van der Waals surface area contributed by atoms with Crippen molar-refractivity contribution in [3.63, 3.8) is 0 Å². The number of aromatic nitrogens is 1. The van der Waals surface area contributed by atoms with Crippen molar-refractivity contribution in [1.82, 2.24) is 15.2 Å². The van der Waals surface area contributed by atoms with Crippen molar-refractivity contribution in [2.45, 2.75) is 31.7 Å². The Labute approximate surface area is 128 Å². The molecule has 1 saturated heterocycles. The number of hydrogen-bond acceptors (Lipinski definition) is 3. The van der Waals surface area contributed by atoms with Crippen molar-refractivity contribution in [3.05, 3.63) is 28.5 Å². The molecule has 2 fully saturated rings. The van der Waals surface area contributed by atoms with Gasteiger partial charge in [-0.2, -0.15) is 0 Å². The van der Waals surface area contributed by atoms with Gasteiger partial charge in [-0.1, -0.05) is 0 Å². The summed E-state index contributed by atoms with van der Waals surface area (Å²) in [5.41, 5.74) is 0.670. The van der Waals surface area contributed by atoms with Crippen molar-refractivity contribution in [2.75, 3.05) is 19.6 Å². The van der Waals surface area contributed by atoms with E-state index in [0.717, 1.165) is 42.9 Å². The van der Waals surface area contributed by atoms with Crippen LogP contribution in [0.5, 0.6) is 0 Å². The van der Waals surface area contributed by atoms with Gasteiger partial charge in [-0.15, -0.1) is 0 Å². The molecule has 1 aromatic rings. The quantitative estimate of drug-likeness (QED) is 0.917. The number of piperidine rings is 1. The van der Waals surface area contributed by atoms with Crippen molar-refractivity contribution < 1.29 is 4.79 Å². The number of halogens is 1. The van der Waals surface area contributed by atoms with Crippen molar-refractivity contribution in [2.24, 2.45) is 5.92 Å². The molecular weight excluding hydrogens is 318 g/mol. The predicted octanol–water partition coefficient (Wildman–Crippen LogP) is 2.45. The van der Waals surface area contributed by atoms with E-state index in [-0.39, 0.29) is 5.91 Å². The molecule has 2 heterocycles. The van der Waals surface area contributed by atoms with Crippen molar-refractivity contribution >= 4 is 21.8 Å². The Hall–Kier alpha value is -0.940. The highest BCUT2D eigenvalue weighted by molar-refractivity contribution is 9.10. The Kier molecular flexibility index (Phi) is 4.36. The van der Waals surface area contributed by atoms with Crippen LogP contribution in [0.3, 0.4) is 0 Å². The lowest BCUT2D eigenvalue weighted by molar-refractivity contribution is 0.0704. The molecule has 4 nitrogen and oxygen atoms in total. The Morgan fingerprint density at radius 1 is 1.30 bits per heavy atom. The predicted molar refractivity (Wildman–Crippen MR) is 81.6 cm³/mol. The van der Waals surface area contributed by atoms with Gasteiger partial charge in [0.15, 0.2) is 0 Å². The van der Waals surface area contributed by atoms with Crippen LogP contribution in [0.4, 0.5) is 0 Å². The summed E-state index contributed by atoms with van der Waals surface area (Å²) < 4.78 is 0.851. The second-order valence-electron chi connectivity index (χ2n) is 5.81. The van der Waals surface area contributed by atoms with E-state index in [0.29, 0.717) is 11.6 Å². The van der Waals surface area contributed by atoms with Gasteiger partial charge < -0.3 is 10.2 Å². The normalized spacial score (nSPS) is 20.1. The molecule has 1 aromatic heterocycles. The fourth-order valence-corrected chi connectivity index (χ4v) is 3.02. The Morgan fingerprint density at radius 2 is 2.05 bits per heavy atom. The molecule has 1 saturated carbocycles. The molecule has 20 heavy (non-hydrogen) atoms. The zero-order valence-corrected chi connectivity index (χ0v) is 13.1. The number of nitrogens with zero attached hydrogens (tertiary/aromatic N) is 2. The van der Waals surface area contributed by atoms with Crippen LogP contribution in [0.25, 0.3) is 0 Å². The van der Waals surface area contributed by atoms with Gasteiger partial charge in [-0.05, 0) is 60.1 Å². The fraction of sp³-hybridized carbons (Fsp3) is 0.600. The minimum Gasteiger partial charge on any atom is -0.338 e. The lowest BCUT2D eigenvalue weighted by Gasteiger charge is -2.32. The minimum absolute atomic E-state index is 0.0967. The largest absolute Gasteiger partial charge is 0.338 e. The van der Waals surface area contributed by atoms with E-state index in [1.807, 2.05) is 11.0 Å². The smallest absolute Gasteiger partial charge is 0.255 e. The Balaban J connectivity index is 1.50. The molecule has 3 rings (SSSR count). The van der Waals surface area contributed by atoms with Crippen LogP contribution < -0.4 is 5.32 Å². The first kappa shape index (κ1) is 14.0. The number of amides is 1. The Morgan fingerprint density at radius 3 is 2.70 bits per heavy atom. The first-order chi connectivity index (χ1) is 9.72. The SMILES string of the molecule is O=C(c1cncc(Br)c1)N1CCC(NCC2CC2)CC1. The molecule has 2 aliphatic rings. The average Bonchev–Trinajstić information content (AvgIpc) is 3.29. The highest BCUT2D eigenvalue weighted by atomic mass is 79.9. The summed E-state index contributed by atoms with van der Waals surface area (Å²) in [6.07, 6.45) is 8.23. The summed E-state index contributed by atoms with van der Waals surface area (Å²) in [5, 5.41) is 3.63. The van der Waals surface area contributed by atoms with E-state index in [1.165, 1.54) is 12.8 Å². The maximum Gasteiger partial charge on any atom is 0.255 e. The first-order valence-corrected chi connectivity index (χ1v) is 8.15. The zero-order chi connectivity index (χ0) is 13.9. The van der Waals surface area contributed by atoms with Crippen LogP contribution >= 0.6 is 15.9 Å². The topological polar surface area (TPSA) is 45.2 Å². The van der Waals surface area contributed by atoms with Crippen LogP contribution in [0.2, 0.25) is 0 Å². The number of rotatable bonds is 4. The molecule has 1 aliphatic carbocycles. The van der Waals surface area contributed by atoms with Gasteiger partial charge in [-0.3, -0.25) is 9.78 Å². The maximum atomic E-state index is 12.4. The number of likely N-dealkylation sites (tertiary alicyclic amines) is 1. The number of carbonyl (C=O) groups excluding carboxylic acids is 1. The van der Waals surface area contributed by atoms with Gasteiger partial charge in [0.25, 0.3) is 5.91 Å². The van der Waals surface area contributed by atoms with Gasteiger partial charge >= 0.3 is 0 Å².